The molecule has 1 unspecified atom stereocenters. The molecule has 5 nitrogen and oxygen atoms in total. The summed E-state index contributed by atoms with van der Waals surface area (Å²) in [4.78, 5) is 14.7. The van der Waals surface area contributed by atoms with E-state index < -0.39 is 6.09 Å². The average Bonchev–Trinajstić information content (AvgIpc) is 2.83. The summed E-state index contributed by atoms with van der Waals surface area (Å²) < 4.78 is 11.8. The van der Waals surface area contributed by atoms with Crippen LogP contribution in [-0.2, 0) is 23.4 Å². The van der Waals surface area contributed by atoms with E-state index in [2.05, 4.69) is 26.8 Å². The van der Waals surface area contributed by atoms with Crippen molar-refractivity contribution in [3.05, 3.63) is 95.6 Å². The predicted molar refractivity (Wildman–Crippen MR) is 135 cm³/mol. The fourth-order valence-electron chi connectivity index (χ4n) is 3.67. The Kier molecular flexibility index (Phi) is 8.32. The van der Waals surface area contributed by atoms with Crippen molar-refractivity contribution in [2.24, 2.45) is 0 Å². The van der Waals surface area contributed by atoms with Crippen LogP contribution in [0.5, 0.6) is 5.75 Å². The summed E-state index contributed by atoms with van der Waals surface area (Å²) in [5.41, 5.74) is 3.42. The first-order valence-corrected chi connectivity index (χ1v) is 11.5. The largest absolute Gasteiger partial charge is 0.489 e. The van der Waals surface area contributed by atoms with Crippen LogP contribution in [0.1, 0.15) is 50.8 Å². The molecule has 0 aliphatic carbocycles. The maximum absolute atomic E-state index is 13.2. The van der Waals surface area contributed by atoms with Gasteiger partial charge in [-0.2, -0.15) is 5.26 Å². The molecule has 34 heavy (non-hydrogen) atoms. The maximum atomic E-state index is 13.2. The number of amides is 1. The standard InChI is InChI=1S/C29H32N2O3/c1-22(17-18-30)31(28(32)34-21-24-13-9-6-10-14-24)25-15-16-27(26(19-25)29(2,3)4)33-20-23-11-7-5-8-12-23/h5-16,19,22H,17,20-21H2,1-4H3. The van der Waals surface area contributed by atoms with Gasteiger partial charge in [0.05, 0.1) is 18.5 Å². The van der Waals surface area contributed by atoms with Gasteiger partial charge in [0.1, 0.15) is 19.0 Å². The van der Waals surface area contributed by atoms with Crippen molar-refractivity contribution in [3.63, 3.8) is 0 Å². The third kappa shape index (κ3) is 6.62. The number of ether oxygens (including phenoxy) is 2. The maximum Gasteiger partial charge on any atom is 0.414 e. The van der Waals surface area contributed by atoms with Crippen LogP contribution in [0.2, 0.25) is 0 Å². The first kappa shape index (κ1) is 24.9. The number of benzene rings is 3. The molecule has 3 rings (SSSR count). The molecule has 176 valence electrons. The molecule has 0 fully saturated rings. The normalized spacial score (nSPS) is 11.9. The third-order valence-electron chi connectivity index (χ3n) is 5.52. The lowest BCUT2D eigenvalue weighted by Crippen LogP contribution is -2.39. The topological polar surface area (TPSA) is 62.6 Å². The van der Waals surface area contributed by atoms with Gasteiger partial charge in [0, 0.05) is 11.3 Å². The lowest BCUT2D eigenvalue weighted by atomic mass is 9.86. The van der Waals surface area contributed by atoms with Gasteiger partial charge in [-0.3, -0.25) is 4.90 Å². The minimum atomic E-state index is -0.482. The van der Waals surface area contributed by atoms with Crippen LogP contribution in [0.25, 0.3) is 0 Å². The molecule has 3 aromatic rings. The summed E-state index contributed by atoms with van der Waals surface area (Å²) in [5.74, 6) is 0.769. The molecular formula is C29H32N2O3. The number of carbonyl (C=O) groups is 1. The Morgan fingerprint density at radius 3 is 2.09 bits per heavy atom. The molecule has 5 heteroatoms. The van der Waals surface area contributed by atoms with Gasteiger partial charge in [-0.15, -0.1) is 0 Å². The quantitative estimate of drug-likeness (QED) is 0.366. The minimum Gasteiger partial charge on any atom is -0.489 e. The van der Waals surface area contributed by atoms with E-state index >= 15 is 0 Å². The van der Waals surface area contributed by atoms with Gasteiger partial charge in [-0.25, -0.2) is 4.79 Å². The lowest BCUT2D eigenvalue weighted by Gasteiger charge is -2.30. The van der Waals surface area contributed by atoms with Crippen LogP contribution in [-0.4, -0.2) is 12.1 Å². The fraction of sp³-hybridized carbons (Fsp3) is 0.310. The molecule has 0 spiro atoms. The molecule has 0 saturated heterocycles. The Balaban J connectivity index is 1.88. The van der Waals surface area contributed by atoms with Crippen molar-refractivity contribution in [2.45, 2.75) is 58.8 Å². The van der Waals surface area contributed by atoms with Crippen LogP contribution in [0.4, 0.5) is 10.5 Å². The zero-order chi connectivity index (χ0) is 24.6. The van der Waals surface area contributed by atoms with Crippen LogP contribution >= 0.6 is 0 Å². The van der Waals surface area contributed by atoms with Gasteiger partial charge in [0.2, 0.25) is 0 Å². The highest BCUT2D eigenvalue weighted by atomic mass is 16.6. The van der Waals surface area contributed by atoms with Gasteiger partial charge < -0.3 is 9.47 Å². The van der Waals surface area contributed by atoms with Gasteiger partial charge in [0.25, 0.3) is 0 Å². The van der Waals surface area contributed by atoms with Crippen LogP contribution < -0.4 is 9.64 Å². The summed E-state index contributed by atoms with van der Waals surface area (Å²) in [7, 11) is 0. The van der Waals surface area contributed by atoms with Crippen molar-refractivity contribution in [1.82, 2.24) is 0 Å². The molecule has 1 atom stereocenters. The van der Waals surface area contributed by atoms with Crippen molar-refractivity contribution in [2.75, 3.05) is 4.90 Å². The second-order valence-electron chi connectivity index (χ2n) is 9.33. The summed E-state index contributed by atoms with van der Waals surface area (Å²) in [6.07, 6.45) is -0.290. The highest BCUT2D eigenvalue weighted by Crippen LogP contribution is 2.36. The summed E-state index contributed by atoms with van der Waals surface area (Å²) >= 11 is 0. The van der Waals surface area contributed by atoms with E-state index in [9.17, 15) is 10.1 Å². The SMILES string of the molecule is CC(CC#N)N(C(=O)OCc1ccccc1)c1ccc(OCc2ccccc2)c(C(C)(C)C)c1. The highest BCUT2D eigenvalue weighted by Gasteiger charge is 2.27. The van der Waals surface area contributed by atoms with E-state index in [4.69, 9.17) is 9.47 Å². The number of hydrogen-bond donors (Lipinski definition) is 0. The van der Waals surface area contributed by atoms with E-state index in [1.807, 2.05) is 85.8 Å². The molecule has 0 radical (unpaired) electrons. The second-order valence-corrected chi connectivity index (χ2v) is 9.33. The smallest absolute Gasteiger partial charge is 0.414 e. The van der Waals surface area contributed by atoms with Crippen molar-refractivity contribution >= 4 is 11.8 Å². The van der Waals surface area contributed by atoms with Crippen molar-refractivity contribution < 1.29 is 14.3 Å². The Hall–Kier alpha value is -3.78. The molecule has 0 aliphatic heterocycles. The number of nitrogens with zero attached hydrogens (tertiary/aromatic N) is 2. The molecule has 0 bridgehead atoms. The third-order valence-corrected chi connectivity index (χ3v) is 5.52. The second kappa shape index (κ2) is 11.4. The van der Waals surface area contributed by atoms with Crippen LogP contribution in [0, 0.1) is 11.3 Å². The zero-order valence-corrected chi connectivity index (χ0v) is 20.3. The first-order chi connectivity index (χ1) is 16.3. The molecule has 1 amide bonds. The summed E-state index contributed by atoms with van der Waals surface area (Å²) in [5, 5.41) is 9.28. The number of anilines is 1. The molecule has 0 heterocycles. The van der Waals surface area contributed by atoms with E-state index in [0.717, 1.165) is 22.4 Å². The summed E-state index contributed by atoms with van der Waals surface area (Å²) in [6.45, 7) is 8.80. The van der Waals surface area contributed by atoms with Gasteiger partial charge in [-0.1, -0.05) is 81.4 Å². The van der Waals surface area contributed by atoms with Crippen LogP contribution in [0.3, 0.4) is 0 Å². The Morgan fingerprint density at radius 1 is 0.941 bits per heavy atom. The number of nitriles is 1. The van der Waals surface area contributed by atoms with Gasteiger partial charge in [0.15, 0.2) is 0 Å². The first-order valence-electron chi connectivity index (χ1n) is 11.5. The molecule has 0 aromatic heterocycles. The molecule has 0 aliphatic rings. The number of carbonyl (C=O) groups excluding carboxylic acids is 1. The summed E-state index contributed by atoms with van der Waals surface area (Å²) in [6, 6.07) is 27.1. The highest BCUT2D eigenvalue weighted by molar-refractivity contribution is 5.88. The Morgan fingerprint density at radius 2 is 1.53 bits per heavy atom. The zero-order valence-electron chi connectivity index (χ0n) is 20.3. The van der Waals surface area contributed by atoms with Gasteiger partial charge in [-0.05, 0) is 41.7 Å². The van der Waals surface area contributed by atoms with Gasteiger partial charge >= 0.3 is 6.09 Å². The fourth-order valence-corrected chi connectivity index (χ4v) is 3.67. The Labute approximate surface area is 202 Å². The lowest BCUT2D eigenvalue weighted by molar-refractivity contribution is 0.145. The Bertz CT molecular complexity index is 1120. The van der Waals surface area contributed by atoms with Crippen molar-refractivity contribution in [3.8, 4) is 11.8 Å². The predicted octanol–water partition coefficient (Wildman–Crippen LogP) is 7.01. The molecule has 3 aromatic carbocycles. The van der Waals surface area contributed by atoms with Crippen molar-refractivity contribution in [1.29, 1.82) is 5.26 Å². The van der Waals surface area contributed by atoms with E-state index in [1.165, 1.54) is 0 Å². The number of rotatable bonds is 8. The number of hydrogen-bond acceptors (Lipinski definition) is 4. The van der Waals surface area contributed by atoms with E-state index in [1.54, 1.807) is 4.90 Å². The van der Waals surface area contributed by atoms with Crippen LogP contribution in [0.15, 0.2) is 78.9 Å². The van der Waals surface area contributed by atoms with E-state index in [-0.39, 0.29) is 24.5 Å². The molecule has 0 N–H and O–H groups in total. The monoisotopic (exact) mass is 456 g/mol. The molecule has 0 saturated carbocycles. The minimum absolute atomic E-state index is 0.167. The molecular weight excluding hydrogens is 424 g/mol. The van der Waals surface area contributed by atoms with E-state index in [0.29, 0.717) is 12.3 Å². The average molecular weight is 457 g/mol.